The molecule has 2 rings (SSSR count). The van der Waals surface area contributed by atoms with E-state index < -0.39 is 17.8 Å². The van der Waals surface area contributed by atoms with Crippen molar-refractivity contribution in [3.8, 4) is 0 Å². The van der Waals surface area contributed by atoms with E-state index in [2.05, 4.69) is 15.6 Å². The van der Waals surface area contributed by atoms with Gasteiger partial charge in [-0.05, 0) is 19.1 Å². The first kappa shape index (κ1) is 16.1. The maximum Gasteiger partial charge on any atom is 0.358 e. The number of benzene rings is 1. The smallest absolute Gasteiger partial charge is 0.358 e. The molecule has 23 heavy (non-hydrogen) atoms. The summed E-state index contributed by atoms with van der Waals surface area (Å²) in [5.74, 6) is -2.26. The van der Waals surface area contributed by atoms with Gasteiger partial charge in [0.25, 0.3) is 0 Å². The Morgan fingerprint density at radius 3 is 2.70 bits per heavy atom. The highest BCUT2D eigenvalue weighted by Gasteiger charge is 2.15. The summed E-state index contributed by atoms with van der Waals surface area (Å²) in [5.41, 5.74) is 0.270. The van der Waals surface area contributed by atoms with Crippen LogP contribution in [-0.4, -0.2) is 44.6 Å². The predicted octanol–water partition coefficient (Wildman–Crippen LogP) is 0.792. The monoisotopic (exact) mass is 318 g/mol. The molecule has 0 saturated heterocycles. The van der Waals surface area contributed by atoms with Gasteiger partial charge < -0.3 is 15.2 Å². The molecule has 0 spiro atoms. The summed E-state index contributed by atoms with van der Waals surface area (Å²) in [6, 6.07) is 6.41. The molecule has 1 aromatic carbocycles. The van der Waals surface area contributed by atoms with Crippen molar-refractivity contribution in [3.05, 3.63) is 41.7 Å². The predicted molar refractivity (Wildman–Crippen MR) is 78.0 cm³/mol. The number of esters is 1. The fourth-order valence-electron chi connectivity index (χ4n) is 1.79. The van der Waals surface area contributed by atoms with Crippen molar-refractivity contribution in [2.24, 2.45) is 0 Å². The first-order chi connectivity index (χ1) is 11.0. The largest absolute Gasteiger partial charge is 0.476 e. The highest BCUT2D eigenvalue weighted by atomic mass is 16.5. The lowest BCUT2D eigenvalue weighted by Crippen LogP contribution is -2.21. The Morgan fingerprint density at radius 1 is 1.30 bits per heavy atom. The van der Waals surface area contributed by atoms with Gasteiger partial charge in [0.1, 0.15) is 6.54 Å². The van der Waals surface area contributed by atoms with Crippen molar-refractivity contribution >= 4 is 23.5 Å². The zero-order valence-electron chi connectivity index (χ0n) is 12.2. The number of nitrogens with one attached hydrogen (secondary N) is 1. The number of carboxylic acids is 1. The number of aromatic nitrogens is 3. The average Bonchev–Trinajstić information content (AvgIpc) is 2.96. The molecule has 0 bridgehead atoms. The number of ether oxygens (including phenoxy) is 1. The normalized spacial score (nSPS) is 10.1. The molecular weight excluding hydrogens is 304 g/mol. The summed E-state index contributed by atoms with van der Waals surface area (Å²) in [5, 5.41) is 18.3. The van der Waals surface area contributed by atoms with Crippen molar-refractivity contribution in [2.45, 2.75) is 13.5 Å². The lowest BCUT2D eigenvalue weighted by Gasteiger charge is -2.10. The van der Waals surface area contributed by atoms with Crippen molar-refractivity contribution in [1.82, 2.24) is 15.0 Å². The van der Waals surface area contributed by atoms with E-state index in [4.69, 9.17) is 9.84 Å². The van der Waals surface area contributed by atoms with Gasteiger partial charge >= 0.3 is 11.9 Å². The highest BCUT2D eigenvalue weighted by molar-refractivity contribution is 6.01. The number of carbonyl (C=O) groups is 3. The summed E-state index contributed by atoms with van der Waals surface area (Å²) in [4.78, 5) is 34.5. The summed E-state index contributed by atoms with van der Waals surface area (Å²) < 4.78 is 6.00. The molecule has 0 saturated carbocycles. The molecule has 1 amide bonds. The van der Waals surface area contributed by atoms with Gasteiger partial charge in [0, 0.05) is 0 Å². The Hall–Kier alpha value is -3.23. The third-order valence-corrected chi connectivity index (χ3v) is 2.76. The van der Waals surface area contributed by atoms with E-state index in [9.17, 15) is 14.4 Å². The van der Waals surface area contributed by atoms with Crippen LogP contribution in [0.4, 0.5) is 5.69 Å². The van der Waals surface area contributed by atoms with E-state index >= 15 is 0 Å². The third-order valence-electron chi connectivity index (χ3n) is 2.76. The quantitative estimate of drug-likeness (QED) is 0.755. The lowest BCUT2D eigenvalue weighted by molar-refractivity contribution is -0.116. The van der Waals surface area contributed by atoms with Gasteiger partial charge in [-0.1, -0.05) is 17.3 Å². The summed E-state index contributed by atoms with van der Waals surface area (Å²) in [6.07, 6.45) is 1.14. The Morgan fingerprint density at radius 2 is 2.04 bits per heavy atom. The molecule has 9 heteroatoms. The molecule has 0 radical (unpaired) electrons. The van der Waals surface area contributed by atoms with Crippen LogP contribution in [0, 0.1) is 0 Å². The second-order valence-corrected chi connectivity index (χ2v) is 4.42. The molecule has 0 atom stereocenters. The van der Waals surface area contributed by atoms with Crippen LogP contribution in [0.25, 0.3) is 0 Å². The van der Waals surface area contributed by atoms with Gasteiger partial charge in [-0.3, -0.25) is 4.79 Å². The molecule has 1 heterocycles. The molecule has 0 aliphatic rings. The Balaban J connectivity index is 2.08. The molecule has 0 unspecified atom stereocenters. The molecule has 2 N–H and O–H groups in total. The number of hydrogen-bond donors (Lipinski definition) is 2. The van der Waals surface area contributed by atoms with Crippen LogP contribution in [0.1, 0.15) is 27.8 Å². The number of aromatic carboxylic acids is 1. The van der Waals surface area contributed by atoms with Gasteiger partial charge in [0.15, 0.2) is 5.69 Å². The van der Waals surface area contributed by atoms with Gasteiger partial charge in [-0.25, -0.2) is 14.3 Å². The van der Waals surface area contributed by atoms with E-state index in [0.29, 0.717) is 5.69 Å². The number of anilines is 1. The number of carbonyl (C=O) groups excluding carboxylic acids is 2. The third kappa shape index (κ3) is 4.13. The van der Waals surface area contributed by atoms with Crippen LogP contribution >= 0.6 is 0 Å². The minimum Gasteiger partial charge on any atom is -0.476 e. The van der Waals surface area contributed by atoms with Gasteiger partial charge in [-0.15, -0.1) is 5.10 Å². The van der Waals surface area contributed by atoms with Crippen molar-refractivity contribution in [2.75, 3.05) is 11.9 Å². The summed E-state index contributed by atoms with van der Waals surface area (Å²) >= 11 is 0. The van der Waals surface area contributed by atoms with Gasteiger partial charge in [0.05, 0.1) is 24.1 Å². The molecule has 9 nitrogen and oxygen atoms in total. The topological polar surface area (TPSA) is 123 Å². The van der Waals surface area contributed by atoms with Crippen LogP contribution in [0.15, 0.2) is 30.5 Å². The second kappa shape index (κ2) is 7.16. The van der Waals surface area contributed by atoms with Gasteiger partial charge in [0.2, 0.25) is 5.91 Å². The number of amides is 1. The fourth-order valence-corrected chi connectivity index (χ4v) is 1.79. The van der Waals surface area contributed by atoms with Crippen molar-refractivity contribution in [3.63, 3.8) is 0 Å². The van der Waals surface area contributed by atoms with Crippen molar-refractivity contribution in [1.29, 1.82) is 0 Å². The molecular formula is C14H14N4O5. The van der Waals surface area contributed by atoms with Crippen molar-refractivity contribution < 1.29 is 24.2 Å². The van der Waals surface area contributed by atoms with Crippen LogP contribution in [-0.2, 0) is 16.1 Å². The number of carboxylic acid groups (broad SMARTS) is 1. The standard InChI is InChI=1S/C14H14N4O5/c1-2-23-14(22)9-5-3-4-6-10(9)15-12(19)8-18-7-11(13(20)21)16-17-18/h3-7H,2,8H2,1H3,(H,15,19)(H,20,21). The number of nitrogens with zero attached hydrogens (tertiary/aromatic N) is 3. The molecule has 0 aliphatic carbocycles. The van der Waals surface area contributed by atoms with Crippen LogP contribution in [0.5, 0.6) is 0 Å². The second-order valence-electron chi connectivity index (χ2n) is 4.42. The molecule has 1 aromatic heterocycles. The Kier molecular flexibility index (Phi) is 5.03. The fraction of sp³-hybridized carbons (Fsp3) is 0.214. The number of rotatable bonds is 6. The maximum atomic E-state index is 12.0. The summed E-state index contributed by atoms with van der Waals surface area (Å²) in [7, 11) is 0. The van der Waals surface area contributed by atoms with E-state index in [1.165, 1.54) is 6.07 Å². The molecule has 2 aromatic rings. The van der Waals surface area contributed by atoms with Crippen LogP contribution in [0.2, 0.25) is 0 Å². The lowest BCUT2D eigenvalue weighted by atomic mass is 10.2. The minimum atomic E-state index is -1.23. The number of hydrogen-bond acceptors (Lipinski definition) is 6. The van der Waals surface area contributed by atoms with Crippen LogP contribution in [0.3, 0.4) is 0 Å². The average molecular weight is 318 g/mol. The summed E-state index contributed by atoms with van der Waals surface area (Å²) in [6.45, 7) is 1.67. The highest BCUT2D eigenvalue weighted by Crippen LogP contribution is 2.16. The molecule has 0 fully saturated rings. The SMILES string of the molecule is CCOC(=O)c1ccccc1NC(=O)Cn1cc(C(=O)O)nn1. The Labute approximate surface area is 130 Å². The van der Waals surface area contributed by atoms with E-state index in [0.717, 1.165) is 10.9 Å². The maximum absolute atomic E-state index is 12.0. The first-order valence-corrected chi connectivity index (χ1v) is 6.70. The van der Waals surface area contributed by atoms with E-state index in [1.807, 2.05) is 0 Å². The molecule has 120 valence electrons. The molecule has 0 aliphatic heterocycles. The zero-order chi connectivity index (χ0) is 16.8. The van der Waals surface area contributed by atoms with Gasteiger partial charge in [-0.2, -0.15) is 0 Å². The number of para-hydroxylation sites is 1. The Bertz CT molecular complexity index is 740. The van der Waals surface area contributed by atoms with Crippen LogP contribution < -0.4 is 5.32 Å². The van der Waals surface area contributed by atoms with E-state index in [1.54, 1.807) is 25.1 Å². The zero-order valence-corrected chi connectivity index (χ0v) is 12.2. The first-order valence-electron chi connectivity index (χ1n) is 6.70. The minimum absolute atomic E-state index is 0.220. The van der Waals surface area contributed by atoms with E-state index in [-0.39, 0.29) is 24.4 Å².